The lowest BCUT2D eigenvalue weighted by Crippen LogP contribution is -2.42. The van der Waals surface area contributed by atoms with Crippen LogP contribution in [0.3, 0.4) is 0 Å². The molecule has 6 heteroatoms. The van der Waals surface area contributed by atoms with Crippen molar-refractivity contribution in [2.75, 3.05) is 18.5 Å². The molecule has 0 radical (unpaired) electrons. The van der Waals surface area contributed by atoms with Crippen LogP contribution in [0.1, 0.15) is 37.9 Å². The van der Waals surface area contributed by atoms with E-state index in [-0.39, 0.29) is 12.5 Å². The van der Waals surface area contributed by atoms with Gasteiger partial charge in [0.15, 0.2) is 6.61 Å². The first kappa shape index (κ1) is 19.1. The smallest absolute Gasteiger partial charge is 0.262 e. The third-order valence-corrected chi connectivity index (χ3v) is 6.27. The highest BCUT2D eigenvalue weighted by Gasteiger charge is 2.26. The number of benzene rings is 2. The van der Waals surface area contributed by atoms with Gasteiger partial charge in [-0.3, -0.25) is 9.69 Å². The first-order valence-corrected chi connectivity index (χ1v) is 11.0. The lowest BCUT2D eigenvalue weighted by Gasteiger charge is -2.36. The van der Waals surface area contributed by atoms with Crippen molar-refractivity contribution >= 4 is 22.6 Å². The van der Waals surface area contributed by atoms with Crippen molar-refractivity contribution < 1.29 is 9.53 Å². The van der Waals surface area contributed by atoms with Crippen LogP contribution in [-0.4, -0.2) is 39.6 Å². The Bertz CT molecular complexity index is 1020. The minimum atomic E-state index is -0.175. The lowest BCUT2D eigenvalue weighted by atomic mass is 9.94. The second-order valence-corrected chi connectivity index (χ2v) is 8.30. The number of nitrogens with zero attached hydrogens (tertiary/aromatic N) is 3. The zero-order valence-corrected chi connectivity index (χ0v) is 17.2. The Hall–Kier alpha value is -2.86. The molecule has 1 fully saturated rings. The minimum absolute atomic E-state index is 0.0158. The fourth-order valence-corrected chi connectivity index (χ4v) is 4.74. The zero-order chi connectivity index (χ0) is 20.3. The lowest BCUT2D eigenvalue weighted by molar-refractivity contribution is -0.118. The molecule has 30 heavy (non-hydrogen) atoms. The molecule has 3 aromatic rings. The van der Waals surface area contributed by atoms with Gasteiger partial charge in [0.25, 0.3) is 5.91 Å². The molecule has 1 N–H and O–H groups in total. The number of nitrogens with one attached hydrogen (secondary N) is 1. The molecule has 0 atom stereocenters. The van der Waals surface area contributed by atoms with Crippen LogP contribution in [0.4, 0.5) is 5.69 Å². The van der Waals surface area contributed by atoms with Gasteiger partial charge in [-0.05, 0) is 43.2 Å². The summed E-state index contributed by atoms with van der Waals surface area (Å²) >= 11 is 0. The topological polar surface area (TPSA) is 59.4 Å². The van der Waals surface area contributed by atoms with Gasteiger partial charge in [0.1, 0.15) is 11.6 Å². The number of imidazole rings is 1. The van der Waals surface area contributed by atoms with E-state index < -0.39 is 0 Å². The number of anilines is 1. The fourth-order valence-electron chi connectivity index (χ4n) is 4.74. The second-order valence-electron chi connectivity index (χ2n) is 8.30. The van der Waals surface area contributed by atoms with Crippen LogP contribution in [0, 0.1) is 0 Å². The molecule has 0 spiro atoms. The summed E-state index contributed by atoms with van der Waals surface area (Å²) in [5.41, 5.74) is 2.84. The average Bonchev–Trinajstić information content (AvgIpc) is 3.16. The summed E-state index contributed by atoms with van der Waals surface area (Å²) in [7, 11) is 0. The molecule has 1 aliphatic carbocycles. The number of hydrogen-bond donors (Lipinski definition) is 1. The van der Waals surface area contributed by atoms with Gasteiger partial charge in [0.05, 0.1) is 17.6 Å². The molecule has 1 amide bonds. The molecule has 1 saturated carbocycles. The Morgan fingerprint density at radius 1 is 1.07 bits per heavy atom. The number of rotatable bonds is 5. The van der Waals surface area contributed by atoms with Crippen LogP contribution < -0.4 is 10.1 Å². The molecule has 156 valence electrons. The van der Waals surface area contributed by atoms with E-state index in [1.165, 1.54) is 32.1 Å². The number of fused-ring (bicyclic) bond motifs is 3. The summed E-state index contributed by atoms with van der Waals surface area (Å²) in [4.78, 5) is 19.8. The average molecular weight is 405 g/mol. The summed E-state index contributed by atoms with van der Waals surface area (Å²) in [6.07, 6.45) is 6.74. The van der Waals surface area contributed by atoms with Crippen molar-refractivity contribution in [3.05, 3.63) is 54.4 Å². The highest BCUT2D eigenvalue weighted by Crippen LogP contribution is 2.28. The van der Waals surface area contributed by atoms with Gasteiger partial charge in [-0.15, -0.1) is 0 Å². The van der Waals surface area contributed by atoms with Gasteiger partial charge in [-0.2, -0.15) is 0 Å². The van der Waals surface area contributed by atoms with Crippen LogP contribution in [0.5, 0.6) is 5.75 Å². The van der Waals surface area contributed by atoms with E-state index in [0.29, 0.717) is 11.8 Å². The van der Waals surface area contributed by atoms with E-state index in [2.05, 4.69) is 20.9 Å². The predicted octanol–water partition coefficient (Wildman–Crippen LogP) is 4.20. The number of carbonyl (C=O) groups is 1. The standard InChI is InChI=1S/C24H28N4O2/c29-24(17-30-20-9-5-2-6-10-20)25-18-11-12-22-21(15-18)26-23-16-27(13-14-28(22)23)19-7-3-1-4-8-19/h2,5-6,9-12,15,19H,1,3-4,7-8,13-14,16-17H2,(H,25,29). The van der Waals surface area contributed by atoms with Crippen molar-refractivity contribution in [3.63, 3.8) is 0 Å². The van der Waals surface area contributed by atoms with Gasteiger partial charge in [-0.25, -0.2) is 4.98 Å². The molecule has 1 aromatic heterocycles. The molecule has 6 nitrogen and oxygen atoms in total. The Labute approximate surface area is 176 Å². The maximum Gasteiger partial charge on any atom is 0.262 e. The van der Waals surface area contributed by atoms with Crippen molar-refractivity contribution in [2.24, 2.45) is 0 Å². The first-order chi connectivity index (χ1) is 14.8. The Morgan fingerprint density at radius 3 is 2.73 bits per heavy atom. The van der Waals surface area contributed by atoms with Crippen LogP contribution in [0.15, 0.2) is 48.5 Å². The van der Waals surface area contributed by atoms with Gasteiger partial charge in [0, 0.05) is 24.8 Å². The molecule has 1 aliphatic heterocycles. The van der Waals surface area contributed by atoms with Crippen molar-refractivity contribution in [3.8, 4) is 5.75 Å². The molecule has 0 saturated heterocycles. The largest absolute Gasteiger partial charge is 0.484 e. The maximum atomic E-state index is 12.3. The Kier molecular flexibility index (Phi) is 5.41. The summed E-state index contributed by atoms with van der Waals surface area (Å²) in [6, 6.07) is 16.1. The van der Waals surface area contributed by atoms with Crippen LogP contribution >= 0.6 is 0 Å². The first-order valence-electron chi connectivity index (χ1n) is 11.0. The quantitative estimate of drug-likeness (QED) is 0.692. The van der Waals surface area contributed by atoms with Crippen molar-refractivity contribution in [1.29, 1.82) is 0 Å². The highest BCUT2D eigenvalue weighted by molar-refractivity contribution is 5.94. The van der Waals surface area contributed by atoms with Gasteiger partial charge in [-0.1, -0.05) is 37.5 Å². The van der Waals surface area contributed by atoms with E-state index in [9.17, 15) is 4.79 Å². The minimum Gasteiger partial charge on any atom is -0.484 e. The van der Waals surface area contributed by atoms with Gasteiger partial charge < -0.3 is 14.6 Å². The number of amides is 1. The van der Waals surface area contributed by atoms with E-state index in [4.69, 9.17) is 9.72 Å². The predicted molar refractivity (Wildman–Crippen MR) is 118 cm³/mol. The zero-order valence-electron chi connectivity index (χ0n) is 17.2. The highest BCUT2D eigenvalue weighted by atomic mass is 16.5. The van der Waals surface area contributed by atoms with Crippen molar-refractivity contribution in [1.82, 2.24) is 14.5 Å². The number of ether oxygens (including phenoxy) is 1. The van der Waals surface area contributed by atoms with E-state index in [1.54, 1.807) is 0 Å². The molecular weight excluding hydrogens is 376 g/mol. The van der Waals surface area contributed by atoms with Gasteiger partial charge >= 0.3 is 0 Å². The third-order valence-electron chi connectivity index (χ3n) is 6.27. The van der Waals surface area contributed by atoms with Crippen LogP contribution in [-0.2, 0) is 17.9 Å². The Balaban J connectivity index is 1.25. The van der Waals surface area contributed by atoms with E-state index in [0.717, 1.165) is 42.2 Å². The molecule has 0 bridgehead atoms. The number of hydrogen-bond acceptors (Lipinski definition) is 4. The summed E-state index contributed by atoms with van der Waals surface area (Å²) < 4.78 is 7.86. The second kappa shape index (κ2) is 8.48. The molecule has 2 aromatic carbocycles. The Morgan fingerprint density at radius 2 is 1.90 bits per heavy atom. The van der Waals surface area contributed by atoms with Gasteiger partial charge in [0.2, 0.25) is 0 Å². The molecule has 5 rings (SSSR count). The molecule has 2 heterocycles. The monoisotopic (exact) mass is 404 g/mol. The number of para-hydroxylation sites is 1. The maximum absolute atomic E-state index is 12.3. The van der Waals surface area contributed by atoms with Crippen molar-refractivity contribution in [2.45, 2.75) is 51.2 Å². The van der Waals surface area contributed by atoms with Crippen LogP contribution in [0.25, 0.3) is 11.0 Å². The summed E-state index contributed by atoms with van der Waals surface area (Å²) in [5.74, 6) is 1.65. The summed E-state index contributed by atoms with van der Waals surface area (Å²) in [5, 5.41) is 2.92. The van der Waals surface area contributed by atoms with E-state index in [1.807, 2.05) is 42.5 Å². The summed E-state index contributed by atoms with van der Waals surface area (Å²) in [6.45, 7) is 2.99. The van der Waals surface area contributed by atoms with Crippen LogP contribution in [0.2, 0.25) is 0 Å². The molecule has 0 unspecified atom stereocenters. The number of aromatic nitrogens is 2. The normalized spacial score (nSPS) is 17.6. The SMILES string of the molecule is O=C(COc1ccccc1)Nc1ccc2c(c1)nc1n2CCN(C2CCCCC2)C1. The molecule has 2 aliphatic rings. The number of carbonyl (C=O) groups excluding carboxylic acids is 1. The third kappa shape index (κ3) is 4.05. The molecular formula is C24H28N4O2. The fraction of sp³-hybridized carbons (Fsp3) is 0.417. The van der Waals surface area contributed by atoms with E-state index >= 15 is 0 Å².